The van der Waals surface area contributed by atoms with Crippen LogP contribution in [0.15, 0.2) is 67.1 Å². The largest absolute Gasteiger partial charge is 0.493 e. The van der Waals surface area contributed by atoms with Crippen LogP contribution in [0.2, 0.25) is 0 Å². The molecular weight excluding hydrogens is 629 g/mol. The molecular formula is C35H37F3N4O6. The molecule has 0 saturated heterocycles. The van der Waals surface area contributed by atoms with Gasteiger partial charge in [-0.3, -0.25) is 9.88 Å². The molecule has 4 aromatic rings. The lowest BCUT2D eigenvalue weighted by Crippen LogP contribution is -2.40. The minimum atomic E-state index is -4.52. The Hall–Kier alpha value is -5.07. The maximum atomic E-state index is 12.8. The molecule has 0 fully saturated rings. The van der Waals surface area contributed by atoms with Crippen molar-refractivity contribution in [3.05, 3.63) is 84.0 Å². The molecule has 0 saturated carbocycles. The quantitative estimate of drug-likeness (QED) is 0.130. The molecule has 0 unspecified atom stereocenters. The molecule has 10 nitrogen and oxygen atoms in total. The fourth-order valence-corrected chi connectivity index (χ4v) is 5.20. The molecule has 0 radical (unpaired) electrons. The van der Waals surface area contributed by atoms with Gasteiger partial charge in [-0.15, -0.1) is 0 Å². The number of hydrogen-bond donors (Lipinski definition) is 0. The van der Waals surface area contributed by atoms with Crippen LogP contribution in [0.4, 0.5) is 23.8 Å². The van der Waals surface area contributed by atoms with Gasteiger partial charge in [0.2, 0.25) is 0 Å². The van der Waals surface area contributed by atoms with Gasteiger partial charge in [0.1, 0.15) is 22.9 Å². The second-order valence-electron chi connectivity index (χ2n) is 12.1. The van der Waals surface area contributed by atoms with Gasteiger partial charge in [-0.1, -0.05) is 6.07 Å². The van der Waals surface area contributed by atoms with Crippen LogP contribution in [0.3, 0.4) is 0 Å². The van der Waals surface area contributed by atoms with Crippen LogP contribution in [0.25, 0.3) is 16.6 Å². The number of rotatable bonds is 10. The summed E-state index contributed by atoms with van der Waals surface area (Å²) < 4.78 is 61.6. The second-order valence-corrected chi connectivity index (χ2v) is 12.1. The number of nitrogens with zero attached hydrogens (tertiary/aromatic N) is 4. The molecule has 0 N–H and O–H groups in total. The van der Waals surface area contributed by atoms with Crippen molar-refractivity contribution in [2.75, 3.05) is 31.3 Å². The first-order chi connectivity index (χ1) is 22.8. The van der Waals surface area contributed by atoms with Gasteiger partial charge in [0.25, 0.3) is 0 Å². The predicted octanol–water partition coefficient (Wildman–Crippen LogP) is 7.13. The van der Waals surface area contributed by atoms with E-state index in [1.165, 1.54) is 24.5 Å². The third-order valence-corrected chi connectivity index (χ3v) is 7.21. The number of hydrogen-bond acceptors (Lipinski definition) is 8. The van der Waals surface area contributed by atoms with Crippen LogP contribution in [0, 0.1) is 0 Å². The lowest BCUT2D eigenvalue weighted by atomic mass is 10.1. The molecule has 48 heavy (non-hydrogen) atoms. The number of esters is 1. The van der Waals surface area contributed by atoms with Crippen molar-refractivity contribution in [1.29, 1.82) is 0 Å². The first-order valence-electron chi connectivity index (χ1n) is 15.6. The number of ether oxygens (including phenoxy) is 4. The van der Waals surface area contributed by atoms with Gasteiger partial charge < -0.3 is 23.5 Å². The Bertz CT molecular complexity index is 1810. The molecule has 1 aromatic carbocycles. The van der Waals surface area contributed by atoms with E-state index < -0.39 is 30.4 Å². The van der Waals surface area contributed by atoms with Crippen molar-refractivity contribution in [3.63, 3.8) is 0 Å². The number of anilines is 1. The van der Waals surface area contributed by atoms with Gasteiger partial charge in [-0.2, -0.15) is 13.2 Å². The standard InChI is InChI=1S/C35H37F3N4O6/c1-5-45-31(43)19-30(25-18-28(21-39-20-25)47-22-35(36,37)38)41-15-12-24-17-27(10-11-29(24)41)46-16-13-26-9-8-23-7-6-14-42(32(23)40-26)33(44)48-34(2,3)4/h8-12,15,17-21H,5-7,13-14,16,22H2,1-4H3/b30-19+. The first kappa shape index (κ1) is 34.3. The number of aromatic nitrogens is 3. The van der Waals surface area contributed by atoms with Gasteiger partial charge >= 0.3 is 18.2 Å². The number of carbonyl (C=O) groups excluding carboxylic acids is 2. The number of fused-ring (bicyclic) bond motifs is 2. The molecule has 1 amide bonds. The van der Waals surface area contributed by atoms with E-state index in [-0.39, 0.29) is 12.4 Å². The second kappa shape index (κ2) is 14.4. The molecule has 254 valence electrons. The van der Waals surface area contributed by atoms with E-state index in [1.807, 2.05) is 51.1 Å². The van der Waals surface area contributed by atoms with Crippen LogP contribution in [0.1, 0.15) is 50.9 Å². The molecule has 1 aliphatic heterocycles. The summed E-state index contributed by atoms with van der Waals surface area (Å²) in [6, 6.07) is 12.6. The average Bonchev–Trinajstić information content (AvgIpc) is 3.44. The van der Waals surface area contributed by atoms with Gasteiger partial charge in [-0.25, -0.2) is 14.6 Å². The number of pyridine rings is 2. The van der Waals surface area contributed by atoms with E-state index in [0.29, 0.717) is 47.9 Å². The summed E-state index contributed by atoms with van der Waals surface area (Å²) in [5, 5.41) is 0.791. The molecule has 1 aliphatic rings. The molecule has 0 atom stereocenters. The third kappa shape index (κ3) is 8.84. The molecule has 0 spiro atoms. The van der Waals surface area contributed by atoms with Crippen molar-refractivity contribution >= 4 is 34.5 Å². The number of alkyl halides is 3. The molecule has 0 aliphatic carbocycles. The normalized spacial score (nSPS) is 13.6. The molecule has 0 bridgehead atoms. The molecule has 13 heteroatoms. The lowest BCUT2D eigenvalue weighted by Gasteiger charge is -2.31. The Morgan fingerprint density at radius 1 is 1.00 bits per heavy atom. The number of aryl methyl sites for hydroxylation is 1. The summed E-state index contributed by atoms with van der Waals surface area (Å²) in [6.07, 6.45) is 2.83. The topological polar surface area (TPSA) is 105 Å². The van der Waals surface area contributed by atoms with E-state index in [9.17, 15) is 22.8 Å². The van der Waals surface area contributed by atoms with E-state index >= 15 is 0 Å². The molecule has 5 rings (SSSR count). The SMILES string of the molecule is CCOC(=O)/C=C(\c1cncc(OCC(F)(F)F)c1)n1ccc2cc(OCCc3ccc4c(n3)N(C(=O)OC(C)(C)C)CCC4)ccc21. The summed E-state index contributed by atoms with van der Waals surface area (Å²) >= 11 is 0. The Labute approximate surface area is 276 Å². The molecule has 4 heterocycles. The van der Waals surface area contributed by atoms with Crippen molar-refractivity contribution in [1.82, 2.24) is 14.5 Å². The van der Waals surface area contributed by atoms with Gasteiger partial charge in [0.05, 0.1) is 30.6 Å². The number of benzene rings is 1. The lowest BCUT2D eigenvalue weighted by molar-refractivity contribution is -0.153. The highest BCUT2D eigenvalue weighted by molar-refractivity contribution is 5.95. The zero-order valence-corrected chi connectivity index (χ0v) is 27.2. The highest BCUT2D eigenvalue weighted by Gasteiger charge is 2.29. The Balaban J connectivity index is 1.32. The minimum absolute atomic E-state index is 0.0994. The van der Waals surface area contributed by atoms with Crippen LogP contribution in [0.5, 0.6) is 11.5 Å². The van der Waals surface area contributed by atoms with Gasteiger partial charge in [0.15, 0.2) is 6.61 Å². The van der Waals surface area contributed by atoms with E-state index in [4.69, 9.17) is 23.9 Å². The zero-order chi connectivity index (χ0) is 34.5. The fraction of sp³-hybridized carbons (Fsp3) is 0.371. The Morgan fingerprint density at radius 2 is 1.81 bits per heavy atom. The summed E-state index contributed by atoms with van der Waals surface area (Å²) in [5.74, 6) is 0.502. The van der Waals surface area contributed by atoms with E-state index in [0.717, 1.165) is 29.5 Å². The summed E-state index contributed by atoms with van der Waals surface area (Å²) in [7, 11) is 0. The Morgan fingerprint density at radius 3 is 2.56 bits per heavy atom. The van der Waals surface area contributed by atoms with Gasteiger partial charge in [0, 0.05) is 48.1 Å². The van der Waals surface area contributed by atoms with Crippen LogP contribution < -0.4 is 14.4 Å². The van der Waals surface area contributed by atoms with Crippen molar-refractivity contribution < 1.29 is 41.7 Å². The smallest absolute Gasteiger partial charge is 0.422 e. The number of halogens is 3. The zero-order valence-electron chi connectivity index (χ0n) is 27.2. The highest BCUT2D eigenvalue weighted by Crippen LogP contribution is 2.30. The van der Waals surface area contributed by atoms with E-state index in [2.05, 4.69) is 4.98 Å². The first-order valence-corrected chi connectivity index (χ1v) is 15.6. The van der Waals surface area contributed by atoms with Crippen molar-refractivity contribution in [2.24, 2.45) is 0 Å². The van der Waals surface area contributed by atoms with E-state index in [1.54, 1.807) is 28.7 Å². The van der Waals surface area contributed by atoms with Crippen LogP contribution >= 0.6 is 0 Å². The Kier molecular flexibility index (Phi) is 10.3. The van der Waals surface area contributed by atoms with Crippen molar-refractivity contribution in [3.8, 4) is 11.5 Å². The third-order valence-electron chi connectivity index (χ3n) is 7.21. The number of carbonyl (C=O) groups is 2. The monoisotopic (exact) mass is 666 g/mol. The fourth-order valence-electron chi connectivity index (χ4n) is 5.20. The van der Waals surface area contributed by atoms with Crippen LogP contribution in [-0.2, 0) is 27.1 Å². The summed E-state index contributed by atoms with van der Waals surface area (Å²) in [6.45, 7) is 6.71. The number of amides is 1. The maximum absolute atomic E-state index is 12.8. The van der Waals surface area contributed by atoms with Gasteiger partial charge in [-0.05, 0) is 82.5 Å². The van der Waals surface area contributed by atoms with Crippen LogP contribution in [-0.4, -0.2) is 64.7 Å². The summed E-state index contributed by atoms with van der Waals surface area (Å²) in [5.41, 5.74) is 2.56. The average molecular weight is 667 g/mol. The van der Waals surface area contributed by atoms with Crippen molar-refractivity contribution in [2.45, 2.75) is 58.7 Å². The minimum Gasteiger partial charge on any atom is -0.493 e. The molecule has 3 aromatic heterocycles. The predicted molar refractivity (Wildman–Crippen MR) is 173 cm³/mol. The maximum Gasteiger partial charge on any atom is 0.422 e. The highest BCUT2D eigenvalue weighted by atomic mass is 19.4. The summed E-state index contributed by atoms with van der Waals surface area (Å²) in [4.78, 5) is 35.7.